The van der Waals surface area contributed by atoms with Crippen LogP contribution in [0.5, 0.6) is 0 Å². The second kappa shape index (κ2) is 8.47. The molecule has 0 fully saturated rings. The number of rotatable bonds is 5. The van der Waals surface area contributed by atoms with Crippen molar-refractivity contribution in [3.8, 4) is 0 Å². The van der Waals surface area contributed by atoms with Crippen molar-refractivity contribution < 1.29 is 9.59 Å². The van der Waals surface area contributed by atoms with E-state index in [2.05, 4.69) is 15.6 Å². The van der Waals surface area contributed by atoms with Crippen LogP contribution >= 0.6 is 11.6 Å². The first-order chi connectivity index (χ1) is 13.0. The maximum atomic E-state index is 12.4. The van der Waals surface area contributed by atoms with Crippen molar-refractivity contribution in [3.63, 3.8) is 0 Å². The highest BCUT2D eigenvalue weighted by molar-refractivity contribution is 6.31. The van der Waals surface area contributed by atoms with Gasteiger partial charge in [-0.15, -0.1) is 0 Å². The number of pyridine rings is 1. The second-order valence-corrected chi connectivity index (χ2v) is 6.47. The van der Waals surface area contributed by atoms with Crippen molar-refractivity contribution in [1.82, 2.24) is 10.3 Å². The molecule has 5 nitrogen and oxygen atoms in total. The highest BCUT2D eigenvalue weighted by atomic mass is 35.5. The first kappa shape index (κ1) is 18.6. The summed E-state index contributed by atoms with van der Waals surface area (Å²) in [6, 6.07) is 16.3. The van der Waals surface area contributed by atoms with E-state index in [1.54, 1.807) is 12.1 Å². The number of aryl methyl sites for hydroxylation is 1. The maximum Gasteiger partial charge on any atom is 0.257 e. The lowest BCUT2D eigenvalue weighted by atomic mass is 10.1. The molecule has 1 aromatic heterocycles. The fraction of sp³-hybridized carbons (Fsp3) is 0.0952. The summed E-state index contributed by atoms with van der Waals surface area (Å²) in [7, 11) is 0. The molecule has 0 aliphatic carbocycles. The van der Waals surface area contributed by atoms with Crippen LogP contribution in [0.1, 0.15) is 31.8 Å². The molecule has 0 aliphatic rings. The summed E-state index contributed by atoms with van der Waals surface area (Å²) >= 11 is 6.09. The minimum absolute atomic E-state index is 0.290. The van der Waals surface area contributed by atoms with E-state index in [4.69, 9.17) is 11.6 Å². The highest BCUT2D eigenvalue weighted by Crippen LogP contribution is 2.15. The third kappa shape index (κ3) is 4.92. The summed E-state index contributed by atoms with van der Waals surface area (Å²) in [5.74, 6) is -0.651. The van der Waals surface area contributed by atoms with E-state index in [1.807, 2.05) is 43.3 Å². The van der Waals surface area contributed by atoms with Crippen molar-refractivity contribution in [3.05, 3.63) is 94.3 Å². The van der Waals surface area contributed by atoms with Gasteiger partial charge in [0.2, 0.25) is 0 Å². The molecule has 1 heterocycles. The number of halogens is 1. The predicted molar refractivity (Wildman–Crippen MR) is 106 cm³/mol. The van der Waals surface area contributed by atoms with Gasteiger partial charge in [0.1, 0.15) is 0 Å². The quantitative estimate of drug-likeness (QED) is 0.697. The third-order valence-electron chi connectivity index (χ3n) is 3.94. The van der Waals surface area contributed by atoms with Crippen molar-refractivity contribution in [2.75, 3.05) is 5.32 Å². The van der Waals surface area contributed by atoms with Gasteiger partial charge in [-0.1, -0.05) is 41.9 Å². The Kier molecular flexibility index (Phi) is 5.84. The van der Waals surface area contributed by atoms with Crippen LogP contribution in [-0.4, -0.2) is 16.8 Å². The fourth-order valence-corrected chi connectivity index (χ4v) is 2.74. The molecular formula is C21H18ClN3O2. The number of amides is 2. The zero-order valence-corrected chi connectivity index (χ0v) is 15.5. The first-order valence-corrected chi connectivity index (χ1v) is 8.75. The molecule has 0 spiro atoms. The molecule has 3 aromatic rings. The van der Waals surface area contributed by atoms with E-state index in [0.717, 1.165) is 11.1 Å². The Morgan fingerprint density at radius 3 is 2.44 bits per heavy atom. The Morgan fingerprint density at radius 2 is 1.70 bits per heavy atom. The molecule has 2 N–H and O–H groups in total. The fourth-order valence-electron chi connectivity index (χ4n) is 2.53. The molecule has 0 radical (unpaired) electrons. The van der Waals surface area contributed by atoms with Crippen LogP contribution in [-0.2, 0) is 6.54 Å². The monoisotopic (exact) mass is 379 g/mol. The average Bonchev–Trinajstić information content (AvgIpc) is 2.67. The zero-order chi connectivity index (χ0) is 19.2. The van der Waals surface area contributed by atoms with Gasteiger partial charge < -0.3 is 10.6 Å². The van der Waals surface area contributed by atoms with Crippen molar-refractivity contribution >= 4 is 29.1 Å². The van der Waals surface area contributed by atoms with E-state index in [0.29, 0.717) is 21.8 Å². The topological polar surface area (TPSA) is 71.1 Å². The summed E-state index contributed by atoms with van der Waals surface area (Å²) in [5, 5.41) is 6.17. The van der Waals surface area contributed by atoms with Gasteiger partial charge in [0.05, 0.1) is 11.1 Å². The average molecular weight is 380 g/mol. The second-order valence-electron chi connectivity index (χ2n) is 6.06. The number of nitrogens with zero attached hydrogens (tertiary/aromatic N) is 1. The Balaban J connectivity index is 1.68. The van der Waals surface area contributed by atoms with Gasteiger partial charge in [-0.25, -0.2) is 0 Å². The molecule has 0 saturated carbocycles. The summed E-state index contributed by atoms with van der Waals surface area (Å²) < 4.78 is 0. The van der Waals surface area contributed by atoms with Crippen LogP contribution in [0.2, 0.25) is 5.02 Å². The standard InChI is InChI=1S/C21H18ClN3O2/c1-14-5-4-7-18(9-14)25-21(27)17-10-16(11-23-12-17)20(26)24-13-15-6-2-3-8-19(15)22/h2-12H,13H2,1H3,(H,24,26)(H,25,27). The van der Waals surface area contributed by atoms with Crippen LogP contribution in [0.25, 0.3) is 0 Å². The Labute approximate surface area is 162 Å². The lowest BCUT2D eigenvalue weighted by molar-refractivity contribution is 0.0950. The number of anilines is 1. The number of carbonyl (C=O) groups is 2. The van der Waals surface area contributed by atoms with Crippen LogP contribution in [0.4, 0.5) is 5.69 Å². The molecule has 0 aliphatic heterocycles. The maximum absolute atomic E-state index is 12.4. The molecular weight excluding hydrogens is 362 g/mol. The number of nitrogens with one attached hydrogen (secondary N) is 2. The Hall–Kier alpha value is -3.18. The van der Waals surface area contributed by atoms with Crippen molar-refractivity contribution in [2.24, 2.45) is 0 Å². The molecule has 0 atom stereocenters. The van der Waals surface area contributed by atoms with E-state index >= 15 is 0 Å². The van der Waals surface area contributed by atoms with E-state index in [1.165, 1.54) is 18.5 Å². The molecule has 0 saturated heterocycles. The van der Waals surface area contributed by atoms with Crippen molar-refractivity contribution in [2.45, 2.75) is 13.5 Å². The SMILES string of the molecule is Cc1cccc(NC(=O)c2cncc(C(=O)NCc3ccccc3Cl)c2)c1. The normalized spacial score (nSPS) is 10.3. The molecule has 3 rings (SSSR count). The lowest BCUT2D eigenvalue weighted by Gasteiger charge is -2.09. The first-order valence-electron chi connectivity index (χ1n) is 8.37. The van der Waals surface area contributed by atoms with Crippen LogP contribution < -0.4 is 10.6 Å². The Morgan fingerprint density at radius 1 is 0.963 bits per heavy atom. The van der Waals surface area contributed by atoms with E-state index in [-0.39, 0.29) is 18.4 Å². The number of hydrogen-bond acceptors (Lipinski definition) is 3. The number of hydrogen-bond donors (Lipinski definition) is 2. The summed E-state index contributed by atoms with van der Waals surface area (Å²) in [5.41, 5.74) is 3.15. The predicted octanol–water partition coefficient (Wildman–Crippen LogP) is 4.23. The van der Waals surface area contributed by atoms with Gasteiger partial charge in [-0.05, 0) is 42.3 Å². The number of carbonyl (C=O) groups excluding carboxylic acids is 2. The molecule has 2 aromatic carbocycles. The molecule has 136 valence electrons. The van der Waals surface area contributed by atoms with Gasteiger partial charge in [0.25, 0.3) is 11.8 Å². The molecule has 0 bridgehead atoms. The molecule has 0 unspecified atom stereocenters. The lowest BCUT2D eigenvalue weighted by Crippen LogP contribution is -2.23. The minimum atomic E-state index is -0.326. The summed E-state index contributed by atoms with van der Waals surface area (Å²) in [6.45, 7) is 2.24. The Bertz CT molecular complexity index is 988. The largest absolute Gasteiger partial charge is 0.348 e. The summed E-state index contributed by atoms with van der Waals surface area (Å²) in [4.78, 5) is 28.8. The number of benzene rings is 2. The highest BCUT2D eigenvalue weighted by Gasteiger charge is 2.12. The van der Waals surface area contributed by atoms with Gasteiger partial charge >= 0.3 is 0 Å². The van der Waals surface area contributed by atoms with Crippen molar-refractivity contribution in [1.29, 1.82) is 0 Å². The van der Waals surface area contributed by atoms with Gasteiger partial charge in [-0.3, -0.25) is 14.6 Å². The van der Waals surface area contributed by atoms with Crippen LogP contribution in [0.3, 0.4) is 0 Å². The van der Waals surface area contributed by atoms with Crippen LogP contribution in [0, 0.1) is 6.92 Å². The zero-order valence-electron chi connectivity index (χ0n) is 14.7. The molecule has 27 heavy (non-hydrogen) atoms. The number of aromatic nitrogens is 1. The molecule has 2 amide bonds. The minimum Gasteiger partial charge on any atom is -0.348 e. The third-order valence-corrected chi connectivity index (χ3v) is 4.30. The van der Waals surface area contributed by atoms with Gasteiger partial charge in [0, 0.05) is 29.6 Å². The summed E-state index contributed by atoms with van der Waals surface area (Å²) in [6.07, 6.45) is 2.85. The molecule has 6 heteroatoms. The van der Waals surface area contributed by atoms with Gasteiger partial charge in [0.15, 0.2) is 0 Å². The van der Waals surface area contributed by atoms with E-state index in [9.17, 15) is 9.59 Å². The van der Waals surface area contributed by atoms with Gasteiger partial charge in [-0.2, -0.15) is 0 Å². The van der Waals surface area contributed by atoms with Crippen LogP contribution in [0.15, 0.2) is 67.0 Å². The smallest absolute Gasteiger partial charge is 0.257 e. The van der Waals surface area contributed by atoms with E-state index < -0.39 is 0 Å².